The number of alkyl halides is 2. The van der Waals surface area contributed by atoms with Gasteiger partial charge in [0.2, 0.25) is 9.84 Å². The monoisotopic (exact) mass is 479 g/mol. The summed E-state index contributed by atoms with van der Waals surface area (Å²) >= 11 is 11.9. The molecule has 162 valence electrons. The summed E-state index contributed by atoms with van der Waals surface area (Å²) in [5, 5.41) is 3.45. The van der Waals surface area contributed by atoms with E-state index in [4.69, 9.17) is 27.9 Å². The maximum absolute atomic E-state index is 12.6. The van der Waals surface area contributed by atoms with Crippen molar-refractivity contribution >= 4 is 44.9 Å². The summed E-state index contributed by atoms with van der Waals surface area (Å²) < 4.78 is 53.0. The highest BCUT2D eigenvalue weighted by Crippen LogP contribution is 2.26. The van der Waals surface area contributed by atoms with Gasteiger partial charge in [-0.3, -0.25) is 4.79 Å². The third-order valence-electron chi connectivity index (χ3n) is 4.09. The molecule has 6 nitrogen and oxygen atoms in total. The molecule has 1 amide bonds. The molecule has 0 bridgehead atoms. The summed E-state index contributed by atoms with van der Waals surface area (Å²) in [6.45, 7) is 3.03. The highest BCUT2D eigenvalue weighted by molar-refractivity contribution is 7.91. The number of hydrogen-bond donors (Lipinski definition) is 1. The standard InChI is InChI=1S/C19H17Cl2F2NO5S/c1-10(15-8-5-13(20)9-16(15)21)24-17(25)11(2)29-18(26)12-3-6-14(7-4-12)30(27,28)19(22)23/h3-11,19H,1-2H3,(H,24,25)/t10-,11+/m0/s1. The Labute approximate surface area is 182 Å². The highest BCUT2D eigenvalue weighted by Gasteiger charge is 2.27. The predicted octanol–water partition coefficient (Wildman–Crippen LogP) is 4.41. The number of benzene rings is 2. The third kappa shape index (κ3) is 5.68. The second kappa shape index (κ2) is 9.72. The van der Waals surface area contributed by atoms with Crippen molar-refractivity contribution in [1.29, 1.82) is 0 Å². The zero-order valence-electron chi connectivity index (χ0n) is 15.7. The maximum Gasteiger partial charge on any atom is 0.341 e. The molecule has 11 heteroatoms. The molecule has 2 aromatic carbocycles. The molecule has 30 heavy (non-hydrogen) atoms. The van der Waals surface area contributed by atoms with Crippen LogP contribution in [-0.4, -0.2) is 32.2 Å². The number of rotatable bonds is 7. The van der Waals surface area contributed by atoms with Gasteiger partial charge in [0.15, 0.2) is 6.10 Å². The van der Waals surface area contributed by atoms with Gasteiger partial charge in [-0.2, -0.15) is 8.78 Å². The molecule has 2 rings (SSSR count). The van der Waals surface area contributed by atoms with Crippen LogP contribution < -0.4 is 5.32 Å². The van der Waals surface area contributed by atoms with Crippen LogP contribution >= 0.6 is 23.2 Å². The lowest BCUT2D eigenvalue weighted by molar-refractivity contribution is -0.129. The van der Waals surface area contributed by atoms with Gasteiger partial charge < -0.3 is 10.1 Å². The summed E-state index contributed by atoms with van der Waals surface area (Å²) in [6, 6.07) is 8.09. The molecule has 0 aliphatic carbocycles. The summed E-state index contributed by atoms with van der Waals surface area (Å²) in [4.78, 5) is 23.8. The molecule has 0 radical (unpaired) electrons. The smallest absolute Gasteiger partial charge is 0.341 e. The van der Waals surface area contributed by atoms with E-state index < -0.39 is 44.5 Å². The number of amides is 1. The molecule has 0 unspecified atom stereocenters. The van der Waals surface area contributed by atoms with Gasteiger partial charge in [0.25, 0.3) is 5.91 Å². The molecule has 0 aliphatic heterocycles. The number of esters is 1. The first-order valence-corrected chi connectivity index (χ1v) is 10.8. The van der Waals surface area contributed by atoms with Crippen molar-refractivity contribution in [3.63, 3.8) is 0 Å². The minimum absolute atomic E-state index is 0.100. The van der Waals surface area contributed by atoms with Crippen molar-refractivity contribution in [1.82, 2.24) is 5.32 Å². The average molecular weight is 480 g/mol. The highest BCUT2D eigenvalue weighted by atomic mass is 35.5. The summed E-state index contributed by atoms with van der Waals surface area (Å²) in [5.74, 6) is -5.09. The Balaban J connectivity index is 2.02. The predicted molar refractivity (Wildman–Crippen MR) is 108 cm³/mol. The van der Waals surface area contributed by atoms with Gasteiger partial charge in [-0.15, -0.1) is 0 Å². The Morgan fingerprint density at radius 2 is 1.63 bits per heavy atom. The van der Waals surface area contributed by atoms with Gasteiger partial charge in [0.05, 0.1) is 16.5 Å². The summed E-state index contributed by atoms with van der Waals surface area (Å²) in [5.41, 5.74) is 0.514. The first-order chi connectivity index (χ1) is 13.9. The van der Waals surface area contributed by atoms with Crippen molar-refractivity contribution in [2.24, 2.45) is 0 Å². The van der Waals surface area contributed by atoms with Gasteiger partial charge in [-0.1, -0.05) is 29.3 Å². The third-order valence-corrected chi connectivity index (χ3v) is 6.05. The molecule has 1 N–H and O–H groups in total. The van der Waals surface area contributed by atoms with Gasteiger partial charge in [-0.05, 0) is 55.8 Å². The van der Waals surface area contributed by atoms with Crippen LogP contribution in [0.5, 0.6) is 0 Å². The van der Waals surface area contributed by atoms with E-state index in [2.05, 4.69) is 5.32 Å². The number of nitrogens with one attached hydrogen (secondary N) is 1. The Bertz CT molecular complexity index is 1050. The molecule has 0 saturated carbocycles. The lowest BCUT2D eigenvalue weighted by Crippen LogP contribution is -2.37. The lowest BCUT2D eigenvalue weighted by Gasteiger charge is -2.19. The molecular weight excluding hydrogens is 463 g/mol. The van der Waals surface area contributed by atoms with E-state index in [0.29, 0.717) is 15.6 Å². The van der Waals surface area contributed by atoms with E-state index in [0.717, 1.165) is 24.3 Å². The van der Waals surface area contributed by atoms with Gasteiger partial charge in [-0.25, -0.2) is 13.2 Å². The SMILES string of the molecule is C[C@H](NC(=O)[C@@H](C)OC(=O)c1ccc(S(=O)(=O)C(F)F)cc1)c1ccc(Cl)cc1Cl. The van der Waals surface area contributed by atoms with Crippen LogP contribution in [0.25, 0.3) is 0 Å². The second-order valence-corrected chi connectivity index (χ2v) is 9.04. The van der Waals surface area contributed by atoms with Crippen LogP contribution in [0.3, 0.4) is 0 Å². The Morgan fingerprint density at radius 1 is 1.03 bits per heavy atom. The van der Waals surface area contributed by atoms with E-state index in [1.807, 2.05) is 0 Å². The van der Waals surface area contributed by atoms with E-state index >= 15 is 0 Å². The Kier molecular flexibility index (Phi) is 7.79. The fourth-order valence-electron chi connectivity index (χ4n) is 2.43. The second-order valence-electron chi connectivity index (χ2n) is 6.27. The van der Waals surface area contributed by atoms with Crippen LogP contribution in [0.15, 0.2) is 47.4 Å². The topological polar surface area (TPSA) is 89.5 Å². The van der Waals surface area contributed by atoms with Crippen LogP contribution in [-0.2, 0) is 19.4 Å². The first kappa shape index (κ1) is 24.0. The minimum Gasteiger partial charge on any atom is -0.449 e. The number of carbonyl (C=O) groups is 2. The fourth-order valence-corrected chi connectivity index (χ4v) is 3.72. The average Bonchev–Trinajstić information content (AvgIpc) is 2.67. The number of halogens is 4. The number of carbonyl (C=O) groups excluding carboxylic acids is 2. The number of hydrogen-bond acceptors (Lipinski definition) is 5. The van der Waals surface area contributed by atoms with Crippen molar-refractivity contribution in [3.8, 4) is 0 Å². The van der Waals surface area contributed by atoms with Gasteiger partial charge in [0.1, 0.15) is 0 Å². The molecule has 0 aliphatic rings. The molecule has 0 fully saturated rings. The Morgan fingerprint density at radius 3 is 2.17 bits per heavy atom. The summed E-state index contributed by atoms with van der Waals surface area (Å²) in [7, 11) is -4.77. The molecule has 0 aromatic heterocycles. The first-order valence-electron chi connectivity index (χ1n) is 8.52. The van der Waals surface area contributed by atoms with Crippen molar-refractivity contribution in [2.45, 2.75) is 36.6 Å². The van der Waals surface area contributed by atoms with Crippen LogP contribution in [0, 0.1) is 0 Å². The van der Waals surface area contributed by atoms with Crippen LogP contribution in [0.2, 0.25) is 10.0 Å². The zero-order valence-corrected chi connectivity index (χ0v) is 18.1. The van der Waals surface area contributed by atoms with Gasteiger partial charge in [0, 0.05) is 10.0 Å². The number of ether oxygens (including phenoxy) is 1. The molecular formula is C19H17Cl2F2NO5S. The van der Waals surface area contributed by atoms with Crippen molar-refractivity contribution < 1.29 is 31.5 Å². The minimum atomic E-state index is -4.77. The van der Waals surface area contributed by atoms with Crippen molar-refractivity contribution in [2.75, 3.05) is 0 Å². The van der Waals surface area contributed by atoms with Crippen molar-refractivity contribution in [3.05, 3.63) is 63.6 Å². The molecule has 0 heterocycles. The Hall–Kier alpha value is -2.23. The molecule has 0 spiro atoms. The fraction of sp³-hybridized carbons (Fsp3) is 0.263. The molecule has 0 saturated heterocycles. The van der Waals surface area contributed by atoms with Gasteiger partial charge >= 0.3 is 11.7 Å². The normalized spacial score (nSPS) is 13.6. The maximum atomic E-state index is 12.6. The van der Waals surface area contributed by atoms with E-state index in [9.17, 15) is 26.8 Å². The molecule has 2 aromatic rings. The quantitative estimate of drug-likeness (QED) is 0.593. The van der Waals surface area contributed by atoms with E-state index in [-0.39, 0.29) is 5.56 Å². The zero-order chi connectivity index (χ0) is 22.6. The summed E-state index contributed by atoms with van der Waals surface area (Å²) in [6.07, 6.45) is -1.18. The van der Waals surface area contributed by atoms with E-state index in [1.165, 1.54) is 13.0 Å². The lowest BCUT2D eigenvalue weighted by atomic mass is 10.1. The molecule has 2 atom stereocenters. The van der Waals surface area contributed by atoms with E-state index in [1.54, 1.807) is 19.1 Å². The van der Waals surface area contributed by atoms with Crippen LogP contribution in [0.4, 0.5) is 8.78 Å². The van der Waals surface area contributed by atoms with Crippen LogP contribution in [0.1, 0.15) is 35.8 Å². The largest absolute Gasteiger partial charge is 0.449 e. The number of sulfone groups is 1.